The molecule has 2 aliphatic heterocycles. The predicted molar refractivity (Wildman–Crippen MR) is 126 cm³/mol. The second-order valence-corrected chi connectivity index (χ2v) is 8.86. The van der Waals surface area contributed by atoms with Crippen LogP contribution >= 0.6 is 0 Å². The molecule has 1 aromatic heterocycles. The molecule has 3 heterocycles. The van der Waals surface area contributed by atoms with Crippen LogP contribution in [0.4, 0.5) is 0 Å². The Balaban J connectivity index is 1.20. The second-order valence-electron chi connectivity index (χ2n) is 8.86. The Kier molecular flexibility index (Phi) is 6.35. The van der Waals surface area contributed by atoms with Crippen molar-refractivity contribution in [1.82, 2.24) is 15.6 Å². The largest absolute Gasteiger partial charge is 0.497 e. The quantitative estimate of drug-likeness (QED) is 0.538. The Morgan fingerprint density at radius 3 is 2.85 bits per heavy atom. The Morgan fingerprint density at radius 2 is 2.06 bits per heavy atom. The first kappa shape index (κ1) is 21.9. The topological polar surface area (TPSA) is 84.6 Å². The zero-order valence-corrected chi connectivity index (χ0v) is 19.1. The van der Waals surface area contributed by atoms with Gasteiger partial charge in [0.05, 0.1) is 38.3 Å². The van der Waals surface area contributed by atoms with E-state index in [0.29, 0.717) is 19.4 Å². The lowest BCUT2D eigenvalue weighted by Gasteiger charge is -2.37. The zero-order chi connectivity index (χ0) is 22.8. The molecule has 0 unspecified atom stereocenters. The summed E-state index contributed by atoms with van der Waals surface area (Å²) < 4.78 is 17.6. The number of ether oxygens (including phenoxy) is 3. The summed E-state index contributed by atoms with van der Waals surface area (Å²) in [7, 11) is 1.70. The van der Waals surface area contributed by atoms with Crippen LogP contribution in [0.25, 0.3) is 10.9 Å². The highest BCUT2D eigenvalue weighted by Crippen LogP contribution is 2.35. The first-order valence-electron chi connectivity index (χ1n) is 11.6. The Hall–Kier alpha value is -2.87. The number of benzene rings is 2. The third-order valence-electron chi connectivity index (χ3n) is 6.64. The number of hydrogen-bond donors (Lipinski definition) is 3. The summed E-state index contributed by atoms with van der Waals surface area (Å²) in [4.78, 5) is 16.0. The van der Waals surface area contributed by atoms with Crippen molar-refractivity contribution in [2.45, 2.75) is 50.7 Å². The zero-order valence-electron chi connectivity index (χ0n) is 19.1. The lowest BCUT2D eigenvalue weighted by Crippen LogP contribution is -2.52. The minimum absolute atomic E-state index is 0.0178. The third-order valence-corrected chi connectivity index (χ3v) is 6.64. The maximum absolute atomic E-state index is 12.4. The maximum atomic E-state index is 12.4. The van der Waals surface area contributed by atoms with E-state index >= 15 is 0 Å². The molecule has 4 atom stereocenters. The van der Waals surface area contributed by atoms with E-state index in [0.717, 1.165) is 29.8 Å². The second kappa shape index (κ2) is 9.55. The first-order chi connectivity index (χ1) is 16.1. The third kappa shape index (κ3) is 4.76. The van der Waals surface area contributed by atoms with E-state index in [4.69, 9.17) is 14.2 Å². The molecule has 0 radical (unpaired) electrons. The molecule has 0 bridgehead atoms. The van der Waals surface area contributed by atoms with E-state index in [1.54, 1.807) is 7.11 Å². The summed E-state index contributed by atoms with van der Waals surface area (Å²) in [5.41, 5.74) is 4.65. The highest BCUT2D eigenvalue weighted by molar-refractivity contribution is 5.86. The monoisotopic (exact) mass is 449 g/mol. The number of methoxy groups -OCH3 is 1. The fourth-order valence-electron chi connectivity index (χ4n) is 4.85. The number of aromatic nitrogens is 1. The van der Waals surface area contributed by atoms with Crippen LogP contribution in [0.1, 0.15) is 36.2 Å². The van der Waals surface area contributed by atoms with Crippen molar-refractivity contribution in [2.75, 3.05) is 20.3 Å². The molecule has 1 amide bonds. The Bertz CT molecular complexity index is 1110. The molecule has 1 saturated heterocycles. The van der Waals surface area contributed by atoms with E-state index in [2.05, 4.69) is 27.8 Å². The van der Waals surface area contributed by atoms with Gasteiger partial charge in [0.15, 0.2) is 6.29 Å². The average molecular weight is 450 g/mol. The van der Waals surface area contributed by atoms with Gasteiger partial charge in [-0.2, -0.15) is 0 Å². The van der Waals surface area contributed by atoms with E-state index in [9.17, 15) is 4.79 Å². The highest BCUT2D eigenvalue weighted by Gasteiger charge is 2.33. The van der Waals surface area contributed by atoms with Gasteiger partial charge in [-0.05, 0) is 49.2 Å². The number of H-pyrrole nitrogens is 1. The first-order valence-corrected chi connectivity index (χ1v) is 11.6. The fraction of sp³-hybridized carbons (Fsp3) is 0.423. The van der Waals surface area contributed by atoms with E-state index in [1.165, 1.54) is 16.6 Å². The minimum Gasteiger partial charge on any atom is -0.497 e. The van der Waals surface area contributed by atoms with Crippen LogP contribution in [0, 0.1) is 0 Å². The van der Waals surface area contributed by atoms with Crippen LogP contribution in [0.15, 0.2) is 48.5 Å². The van der Waals surface area contributed by atoms with Crippen LogP contribution in [0.5, 0.6) is 5.75 Å². The molecule has 0 spiro atoms. The van der Waals surface area contributed by atoms with Crippen LogP contribution < -0.4 is 15.4 Å². The molecular weight excluding hydrogens is 418 g/mol. The van der Waals surface area contributed by atoms with Gasteiger partial charge < -0.3 is 29.8 Å². The molecule has 2 aliphatic rings. The van der Waals surface area contributed by atoms with Crippen LogP contribution in [0.2, 0.25) is 0 Å². The Labute approximate surface area is 193 Å². The van der Waals surface area contributed by atoms with Gasteiger partial charge >= 0.3 is 0 Å². The number of nitrogens with one attached hydrogen (secondary N) is 3. The van der Waals surface area contributed by atoms with Crippen molar-refractivity contribution < 1.29 is 19.0 Å². The minimum atomic E-state index is -0.327. The van der Waals surface area contributed by atoms with Gasteiger partial charge in [-0.25, -0.2) is 0 Å². The van der Waals surface area contributed by atoms with Crippen molar-refractivity contribution in [1.29, 1.82) is 0 Å². The van der Waals surface area contributed by atoms with Crippen LogP contribution in [-0.4, -0.2) is 49.6 Å². The van der Waals surface area contributed by atoms with Gasteiger partial charge in [0, 0.05) is 23.0 Å². The number of amides is 1. The van der Waals surface area contributed by atoms with Crippen LogP contribution in [0.3, 0.4) is 0 Å². The van der Waals surface area contributed by atoms with Crippen LogP contribution in [-0.2, 0) is 27.1 Å². The van der Waals surface area contributed by atoms with E-state index < -0.39 is 0 Å². The molecule has 7 nitrogen and oxygen atoms in total. The number of carbonyl (C=O) groups excluding carboxylic acids is 1. The summed E-state index contributed by atoms with van der Waals surface area (Å²) >= 11 is 0. The van der Waals surface area contributed by atoms with Crippen molar-refractivity contribution in [2.24, 2.45) is 0 Å². The van der Waals surface area contributed by atoms with Crippen molar-refractivity contribution >= 4 is 16.8 Å². The summed E-state index contributed by atoms with van der Waals surface area (Å²) in [6.45, 7) is 3.34. The fourth-order valence-corrected chi connectivity index (χ4v) is 4.85. The molecule has 7 heteroatoms. The molecule has 2 aromatic carbocycles. The standard InChI is InChI=1S/C26H31N3O4/c1-16-23(28-24(30)12-17-6-4-3-5-7-17)15-32-25(33-16)14-22-26-19(10-11-27-22)20-13-18(31-2)8-9-21(20)29-26/h3-9,13,16,22-23,25,27,29H,10-12,14-15H2,1-2H3,(H,28,30)/t16-,22-,23-,25+/m1/s1. The molecule has 5 rings (SSSR count). The highest BCUT2D eigenvalue weighted by atomic mass is 16.7. The predicted octanol–water partition coefficient (Wildman–Crippen LogP) is 3.24. The van der Waals surface area contributed by atoms with Crippen molar-refractivity contribution in [3.63, 3.8) is 0 Å². The molecule has 0 aliphatic carbocycles. The molecule has 33 heavy (non-hydrogen) atoms. The molecule has 174 valence electrons. The van der Waals surface area contributed by atoms with E-state index in [1.807, 2.05) is 43.3 Å². The summed E-state index contributed by atoms with van der Waals surface area (Å²) in [6.07, 6.45) is 1.57. The average Bonchev–Trinajstić information content (AvgIpc) is 3.20. The molecular formula is C26H31N3O4. The number of rotatable bonds is 6. The Morgan fingerprint density at radius 1 is 1.21 bits per heavy atom. The van der Waals surface area contributed by atoms with Gasteiger partial charge in [0.2, 0.25) is 5.91 Å². The maximum Gasteiger partial charge on any atom is 0.224 e. The number of hydrogen-bond acceptors (Lipinski definition) is 5. The number of carbonyl (C=O) groups is 1. The number of fused-ring (bicyclic) bond motifs is 3. The summed E-state index contributed by atoms with van der Waals surface area (Å²) in [6, 6.07) is 15.9. The lowest BCUT2D eigenvalue weighted by molar-refractivity contribution is -0.224. The van der Waals surface area contributed by atoms with Crippen molar-refractivity contribution in [3.8, 4) is 5.75 Å². The van der Waals surface area contributed by atoms with E-state index in [-0.39, 0.29) is 30.4 Å². The normalized spacial score (nSPS) is 24.9. The SMILES string of the molecule is COc1ccc2[nH]c3c(c2c1)CCN[C@@H]3C[C@H]1OC[C@@H](NC(=O)Cc2ccccc2)[C@@H](C)O1. The summed E-state index contributed by atoms with van der Waals surface area (Å²) in [5.74, 6) is 0.850. The number of aromatic amines is 1. The summed E-state index contributed by atoms with van der Waals surface area (Å²) in [5, 5.41) is 7.89. The van der Waals surface area contributed by atoms with Gasteiger partial charge in [-0.1, -0.05) is 30.3 Å². The van der Waals surface area contributed by atoms with Gasteiger partial charge in [-0.15, -0.1) is 0 Å². The van der Waals surface area contributed by atoms with Gasteiger partial charge in [0.25, 0.3) is 0 Å². The molecule has 0 saturated carbocycles. The molecule has 3 aromatic rings. The van der Waals surface area contributed by atoms with Gasteiger partial charge in [0.1, 0.15) is 5.75 Å². The molecule has 1 fully saturated rings. The van der Waals surface area contributed by atoms with Gasteiger partial charge in [-0.3, -0.25) is 4.79 Å². The smallest absolute Gasteiger partial charge is 0.224 e. The molecule has 3 N–H and O–H groups in total. The van der Waals surface area contributed by atoms with Crippen molar-refractivity contribution in [3.05, 3.63) is 65.4 Å². The lowest BCUT2D eigenvalue weighted by atomic mass is 9.97.